The minimum atomic E-state index is 0.0742. The Morgan fingerprint density at radius 1 is 1.19 bits per heavy atom. The van der Waals surface area contributed by atoms with Gasteiger partial charge in [-0.05, 0) is 31.5 Å². The molecule has 1 N–H and O–H groups in total. The van der Waals surface area contributed by atoms with Gasteiger partial charge in [-0.25, -0.2) is 0 Å². The monoisotopic (exact) mass is 284 g/mol. The molecule has 110 valence electrons. The first-order valence-electron chi connectivity index (χ1n) is 7.26. The first-order chi connectivity index (χ1) is 10.1. The summed E-state index contributed by atoms with van der Waals surface area (Å²) in [6.45, 7) is 7.21. The maximum Gasteiger partial charge on any atom is 0.257 e. The molecule has 0 atom stereocenters. The lowest BCUT2D eigenvalue weighted by Gasteiger charge is -2.36. The molecule has 2 aromatic rings. The Labute approximate surface area is 124 Å². The predicted molar refractivity (Wildman–Crippen MR) is 82.6 cm³/mol. The summed E-state index contributed by atoms with van der Waals surface area (Å²) >= 11 is 0. The lowest BCUT2D eigenvalue weighted by Crippen LogP contribution is -2.48. The van der Waals surface area contributed by atoms with Crippen LogP contribution in [0.4, 0.5) is 5.69 Å². The Bertz CT molecular complexity index is 641. The van der Waals surface area contributed by atoms with Crippen LogP contribution >= 0.6 is 0 Å². The van der Waals surface area contributed by atoms with E-state index in [-0.39, 0.29) is 5.91 Å². The second-order valence-corrected chi connectivity index (χ2v) is 5.53. The van der Waals surface area contributed by atoms with Crippen LogP contribution in [0.15, 0.2) is 30.5 Å². The number of aromatic amines is 1. The summed E-state index contributed by atoms with van der Waals surface area (Å²) in [5.41, 5.74) is 4.02. The highest BCUT2D eigenvalue weighted by Gasteiger charge is 2.24. The van der Waals surface area contributed by atoms with Crippen molar-refractivity contribution >= 4 is 11.6 Å². The maximum atomic E-state index is 12.4. The van der Waals surface area contributed by atoms with E-state index in [9.17, 15) is 4.79 Å². The molecule has 3 rings (SSSR count). The minimum Gasteiger partial charge on any atom is -0.368 e. The third kappa shape index (κ3) is 2.77. The number of aromatic nitrogens is 2. The number of amides is 1. The molecule has 0 radical (unpaired) electrons. The SMILES string of the molecule is Cc1cccc(N2CCN(C(=O)c3cn[nH]c3C)CC2)c1. The van der Waals surface area contributed by atoms with E-state index in [2.05, 4.69) is 46.3 Å². The molecule has 1 fully saturated rings. The molecule has 1 aliphatic heterocycles. The quantitative estimate of drug-likeness (QED) is 0.917. The van der Waals surface area contributed by atoms with Crippen molar-refractivity contribution in [3.63, 3.8) is 0 Å². The zero-order chi connectivity index (χ0) is 14.8. The minimum absolute atomic E-state index is 0.0742. The standard InChI is InChI=1S/C16H20N4O/c1-12-4-3-5-14(10-12)19-6-8-20(9-7-19)16(21)15-11-17-18-13(15)2/h3-5,10-11H,6-9H2,1-2H3,(H,17,18). The molecule has 2 heterocycles. The lowest BCUT2D eigenvalue weighted by atomic mass is 10.1. The Kier molecular flexibility index (Phi) is 3.64. The van der Waals surface area contributed by atoms with Crippen LogP contribution < -0.4 is 4.90 Å². The van der Waals surface area contributed by atoms with Gasteiger partial charge in [-0.15, -0.1) is 0 Å². The molecule has 0 aliphatic carbocycles. The first-order valence-corrected chi connectivity index (χ1v) is 7.26. The molecule has 1 aromatic heterocycles. The van der Waals surface area contributed by atoms with Gasteiger partial charge in [0, 0.05) is 37.6 Å². The third-order valence-electron chi connectivity index (χ3n) is 3.99. The number of anilines is 1. The lowest BCUT2D eigenvalue weighted by molar-refractivity contribution is 0.0746. The number of benzene rings is 1. The van der Waals surface area contributed by atoms with Crippen molar-refractivity contribution in [3.05, 3.63) is 47.3 Å². The van der Waals surface area contributed by atoms with E-state index in [1.807, 2.05) is 11.8 Å². The molecule has 0 bridgehead atoms. The second-order valence-electron chi connectivity index (χ2n) is 5.53. The van der Waals surface area contributed by atoms with Crippen LogP contribution in [0.2, 0.25) is 0 Å². The molecular weight excluding hydrogens is 264 g/mol. The zero-order valence-corrected chi connectivity index (χ0v) is 12.5. The molecule has 1 aromatic carbocycles. The van der Waals surface area contributed by atoms with Gasteiger partial charge >= 0.3 is 0 Å². The van der Waals surface area contributed by atoms with Gasteiger partial charge in [0.2, 0.25) is 0 Å². The number of hydrogen-bond acceptors (Lipinski definition) is 3. The van der Waals surface area contributed by atoms with E-state index in [4.69, 9.17) is 0 Å². The summed E-state index contributed by atoms with van der Waals surface area (Å²) in [4.78, 5) is 16.7. The highest BCUT2D eigenvalue weighted by molar-refractivity contribution is 5.95. The maximum absolute atomic E-state index is 12.4. The van der Waals surface area contributed by atoms with Crippen LogP contribution in [-0.2, 0) is 0 Å². The van der Waals surface area contributed by atoms with Crippen LogP contribution in [0.5, 0.6) is 0 Å². The summed E-state index contributed by atoms with van der Waals surface area (Å²) in [6, 6.07) is 8.50. The smallest absolute Gasteiger partial charge is 0.257 e. The van der Waals surface area contributed by atoms with Crippen molar-refractivity contribution in [2.24, 2.45) is 0 Å². The third-order valence-corrected chi connectivity index (χ3v) is 3.99. The average Bonchev–Trinajstić information content (AvgIpc) is 2.93. The Morgan fingerprint density at radius 3 is 2.57 bits per heavy atom. The molecule has 1 amide bonds. The summed E-state index contributed by atoms with van der Waals surface area (Å²) in [6.07, 6.45) is 1.62. The fourth-order valence-electron chi connectivity index (χ4n) is 2.73. The van der Waals surface area contributed by atoms with Crippen molar-refractivity contribution in [2.75, 3.05) is 31.1 Å². The molecule has 0 unspecified atom stereocenters. The normalized spacial score (nSPS) is 15.3. The van der Waals surface area contributed by atoms with E-state index in [0.29, 0.717) is 5.56 Å². The number of piperazine rings is 1. The number of H-pyrrole nitrogens is 1. The van der Waals surface area contributed by atoms with Crippen molar-refractivity contribution in [2.45, 2.75) is 13.8 Å². The largest absolute Gasteiger partial charge is 0.368 e. The van der Waals surface area contributed by atoms with Gasteiger partial charge in [0.25, 0.3) is 5.91 Å². The second kappa shape index (κ2) is 5.60. The Hall–Kier alpha value is -2.30. The number of nitrogens with zero attached hydrogens (tertiary/aromatic N) is 3. The summed E-state index contributed by atoms with van der Waals surface area (Å²) < 4.78 is 0. The number of nitrogens with one attached hydrogen (secondary N) is 1. The van der Waals surface area contributed by atoms with Crippen LogP contribution in [0.3, 0.4) is 0 Å². The van der Waals surface area contributed by atoms with E-state index < -0.39 is 0 Å². The van der Waals surface area contributed by atoms with Gasteiger partial charge in [0.1, 0.15) is 0 Å². The van der Waals surface area contributed by atoms with E-state index in [1.165, 1.54) is 11.3 Å². The van der Waals surface area contributed by atoms with Crippen LogP contribution in [-0.4, -0.2) is 47.2 Å². The van der Waals surface area contributed by atoms with Crippen LogP contribution in [0, 0.1) is 13.8 Å². The van der Waals surface area contributed by atoms with Crippen molar-refractivity contribution in [3.8, 4) is 0 Å². The number of rotatable bonds is 2. The molecule has 1 saturated heterocycles. The van der Waals surface area contributed by atoms with Crippen molar-refractivity contribution in [1.82, 2.24) is 15.1 Å². The fourth-order valence-corrected chi connectivity index (χ4v) is 2.73. The number of aryl methyl sites for hydroxylation is 2. The van der Waals surface area contributed by atoms with Crippen molar-refractivity contribution in [1.29, 1.82) is 0 Å². The van der Waals surface area contributed by atoms with Crippen LogP contribution in [0.25, 0.3) is 0 Å². The summed E-state index contributed by atoms with van der Waals surface area (Å²) in [7, 11) is 0. The Morgan fingerprint density at radius 2 is 1.95 bits per heavy atom. The molecular formula is C16H20N4O. The Balaban J connectivity index is 1.65. The van der Waals surface area contributed by atoms with Gasteiger partial charge in [0.05, 0.1) is 11.8 Å². The fraction of sp³-hybridized carbons (Fsp3) is 0.375. The topological polar surface area (TPSA) is 52.2 Å². The number of hydrogen-bond donors (Lipinski definition) is 1. The van der Waals surface area contributed by atoms with Gasteiger partial charge in [-0.3, -0.25) is 9.89 Å². The predicted octanol–water partition coefficient (Wildman–Crippen LogP) is 1.99. The van der Waals surface area contributed by atoms with E-state index in [0.717, 1.165) is 31.9 Å². The van der Waals surface area contributed by atoms with Crippen LogP contribution in [0.1, 0.15) is 21.6 Å². The molecule has 0 saturated carbocycles. The van der Waals surface area contributed by atoms with Gasteiger partial charge in [-0.2, -0.15) is 5.10 Å². The molecule has 1 aliphatic rings. The van der Waals surface area contributed by atoms with Gasteiger partial charge in [0.15, 0.2) is 0 Å². The first kappa shape index (κ1) is 13.7. The summed E-state index contributed by atoms with van der Waals surface area (Å²) in [5, 5.41) is 6.75. The van der Waals surface area contributed by atoms with Gasteiger partial charge < -0.3 is 9.80 Å². The van der Waals surface area contributed by atoms with E-state index in [1.54, 1.807) is 6.20 Å². The zero-order valence-electron chi connectivity index (χ0n) is 12.5. The highest BCUT2D eigenvalue weighted by atomic mass is 16.2. The molecule has 21 heavy (non-hydrogen) atoms. The summed E-state index contributed by atoms with van der Waals surface area (Å²) in [5.74, 6) is 0.0742. The highest BCUT2D eigenvalue weighted by Crippen LogP contribution is 2.19. The van der Waals surface area contributed by atoms with E-state index >= 15 is 0 Å². The number of carbonyl (C=O) groups is 1. The van der Waals surface area contributed by atoms with Crippen molar-refractivity contribution < 1.29 is 4.79 Å². The van der Waals surface area contributed by atoms with Gasteiger partial charge in [-0.1, -0.05) is 12.1 Å². The molecule has 5 nitrogen and oxygen atoms in total. The number of carbonyl (C=O) groups excluding carboxylic acids is 1. The molecule has 5 heteroatoms. The molecule has 0 spiro atoms. The average molecular weight is 284 g/mol.